The van der Waals surface area contributed by atoms with Crippen LogP contribution in [0, 0.1) is 6.92 Å². The first kappa shape index (κ1) is 8.98. The number of benzene rings is 1. The summed E-state index contributed by atoms with van der Waals surface area (Å²) in [5.41, 5.74) is 4.00. The zero-order valence-electron chi connectivity index (χ0n) is 9.01. The Labute approximate surface area is 89.7 Å². The Bertz CT molecular complexity index is 480. The van der Waals surface area contributed by atoms with E-state index in [-0.39, 0.29) is 0 Å². The fourth-order valence-electron chi connectivity index (χ4n) is 2.05. The maximum absolute atomic E-state index is 3.55. The lowest BCUT2D eigenvalue weighted by molar-refractivity contribution is 0.691. The monoisotopic (exact) mass is 200 g/mol. The van der Waals surface area contributed by atoms with Crippen molar-refractivity contribution in [2.75, 3.05) is 0 Å². The van der Waals surface area contributed by atoms with E-state index in [9.17, 15) is 0 Å². The van der Waals surface area contributed by atoms with E-state index < -0.39 is 0 Å². The second-order valence-electron chi connectivity index (χ2n) is 4.47. The molecule has 0 saturated heterocycles. The summed E-state index contributed by atoms with van der Waals surface area (Å²) in [6.45, 7) is 3.14. The number of para-hydroxylation sites is 1. The number of nitrogens with one attached hydrogen (secondary N) is 2. The Balaban J connectivity index is 1.92. The summed E-state index contributed by atoms with van der Waals surface area (Å²) in [4.78, 5) is 3.36. The van der Waals surface area contributed by atoms with Gasteiger partial charge in [0, 0.05) is 29.7 Å². The molecule has 0 radical (unpaired) electrons. The van der Waals surface area contributed by atoms with E-state index in [0.29, 0.717) is 0 Å². The van der Waals surface area contributed by atoms with Gasteiger partial charge in [-0.3, -0.25) is 0 Å². The van der Waals surface area contributed by atoms with Crippen LogP contribution in [0.15, 0.2) is 24.4 Å². The Hall–Kier alpha value is -1.28. The lowest BCUT2D eigenvalue weighted by atomic mass is 10.1. The minimum atomic E-state index is 0.778. The van der Waals surface area contributed by atoms with Crippen LogP contribution in [-0.2, 0) is 6.54 Å². The van der Waals surface area contributed by atoms with E-state index in [1.165, 1.54) is 34.9 Å². The van der Waals surface area contributed by atoms with Gasteiger partial charge in [-0.15, -0.1) is 0 Å². The predicted octanol–water partition coefficient (Wildman–Crippen LogP) is 2.73. The van der Waals surface area contributed by atoms with Gasteiger partial charge in [0.15, 0.2) is 0 Å². The molecule has 1 fully saturated rings. The second kappa shape index (κ2) is 3.38. The number of hydrogen-bond acceptors (Lipinski definition) is 1. The van der Waals surface area contributed by atoms with Crippen LogP contribution in [0.1, 0.15) is 24.0 Å². The summed E-state index contributed by atoms with van der Waals surface area (Å²) in [5.74, 6) is 0. The van der Waals surface area contributed by atoms with Crippen LogP contribution in [0.25, 0.3) is 10.9 Å². The van der Waals surface area contributed by atoms with E-state index in [1.807, 2.05) is 0 Å². The van der Waals surface area contributed by atoms with Gasteiger partial charge in [0.2, 0.25) is 0 Å². The first-order valence-corrected chi connectivity index (χ1v) is 5.63. The highest BCUT2D eigenvalue weighted by Crippen LogP contribution is 2.23. The molecule has 0 atom stereocenters. The maximum atomic E-state index is 3.55. The predicted molar refractivity (Wildman–Crippen MR) is 62.9 cm³/mol. The third kappa shape index (κ3) is 1.65. The molecule has 2 heteroatoms. The van der Waals surface area contributed by atoms with Gasteiger partial charge in [0.25, 0.3) is 0 Å². The van der Waals surface area contributed by atoms with E-state index in [4.69, 9.17) is 0 Å². The fraction of sp³-hybridized carbons (Fsp3) is 0.385. The van der Waals surface area contributed by atoms with Gasteiger partial charge in [0.05, 0.1) is 0 Å². The zero-order valence-corrected chi connectivity index (χ0v) is 9.01. The number of aromatic nitrogens is 1. The van der Waals surface area contributed by atoms with E-state index in [1.54, 1.807) is 0 Å². The molecule has 15 heavy (non-hydrogen) atoms. The standard InChI is InChI=1S/C13H16N2/c1-9-3-2-4-12-10(8-15-13(9)12)7-14-11-5-6-11/h2-4,8,11,14-15H,5-7H2,1H3. The van der Waals surface area contributed by atoms with Crippen LogP contribution in [0.4, 0.5) is 0 Å². The lowest BCUT2D eigenvalue weighted by Gasteiger charge is -2.01. The SMILES string of the molecule is Cc1cccc2c(CNC3CC3)c[nH]c12. The molecular formula is C13H16N2. The number of H-pyrrole nitrogens is 1. The molecule has 2 nitrogen and oxygen atoms in total. The largest absolute Gasteiger partial charge is 0.361 e. The Morgan fingerprint density at radius 1 is 1.40 bits per heavy atom. The molecule has 0 unspecified atom stereocenters. The topological polar surface area (TPSA) is 27.8 Å². The molecule has 1 aromatic carbocycles. The molecule has 0 amide bonds. The number of rotatable bonds is 3. The highest BCUT2D eigenvalue weighted by Gasteiger charge is 2.20. The van der Waals surface area contributed by atoms with Crippen molar-refractivity contribution >= 4 is 10.9 Å². The van der Waals surface area contributed by atoms with Gasteiger partial charge in [-0.2, -0.15) is 0 Å². The molecule has 1 aliphatic carbocycles. The summed E-state index contributed by atoms with van der Waals surface area (Å²) < 4.78 is 0. The minimum absolute atomic E-state index is 0.778. The smallest absolute Gasteiger partial charge is 0.0487 e. The first-order valence-electron chi connectivity index (χ1n) is 5.63. The third-order valence-corrected chi connectivity index (χ3v) is 3.17. The van der Waals surface area contributed by atoms with Crippen molar-refractivity contribution in [1.82, 2.24) is 10.3 Å². The van der Waals surface area contributed by atoms with Crippen molar-refractivity contribution in [2.24, 2.45) is 0 Å². The minimum Gasteiger partial charge on any atom is -0.361 e. The second-order valence-corrected chi connectivity index (χ2v) is 4.47. The van der Waals surface area contributed by atoms with Crippen molar-refractivity contribution in [3.05, 3.63) is 35.5 Å². The van der Waals surface area contributed by atoms with Crippen LogP contribution in [-0.4, -0.2) is 11.0 Å². The lowest BCUT2D eigenvalue weighted by Crippen LogP contribution is -2.14. The van der Waals surface area contributed by atoms with Crippen molar-refractivity contribution in [2.45, 2.75) is 32.4 Å². The van der Waals surface area contributed by atoms with Gasteiger partial charge in [-0.25, -0.2) is 0 Å². The molecule has 1 heterocycles. The average Bonchev–Trinajstić information content (AvgIpc) is 2.97. The summed E-state index contributed by atoms with van der Waals surface area (Å²) in [6, 6.07) is 7.26. The number of hydrogen-bond donors (Lipinski definition) is 2. The Kier molecular flexibility index (Phi) is 2.03. The molecule has 2 aromatic rings. The molecule has 0 bridgehead atoms. The van der Waals surface area contributed by atoms with E-state index >= 15 is 0 Å². The van der Waals surface area contributed by atoms with Crippen LogP contribution in [0.2, 0.25) is 0 Å². The number of aromatic amines is 1. The molecule has 1 saturated carbocycles. The summed E-state index contributed by atoms with van der Waals surface area (Å²) in [5, 5.41) is 4.91. The van der Waals surface area contributed by atoms with Crippen molar-refractivity contribution in [1.29, 1.82) is 0 Å². The zero-order chi connectivity index (χ0) is 10.3. The van der Waals surface area contributed by atoms with Crippen molar-refractivity contribution in [3.63, 3.8) is 0 Å². The Morgan fingerprint density at radius 3 is 3.07 bits per heavy atom. The summed E-state index contributed by atoms with van der Waals surface area (Å²) in [6.07, 6.45) is 4.83. The number of aryl methyl sites for hydroxylation is 1. The molecule has 1 aromatic heterocycles. The molecule has 0 aliphatic heterocycles. The number of fused-ring (bicyclic) bond motifs is 1. The molecule has 78 valence electrons. The highest BCUT2D eigenvalue weighted by atomic mass is 14.9. The average molecular weight is 200 g/mol. The van der Waals surface area contributed by atoms with Crippen LogP contribution in [0.5, 0.6) is 0 Å². The van der Waals surface area contributed by atoms with Crippen LogP contribution < -0.4 is 5.32 Å². The summed E-state index contributed by atoms with van der Waals surface area (Å²) >= 11 is 0. The van der Waals surface area contributed by atoms with Crippen molar-refractivity contribution < 1.29 is 0 Å². The molecule has 0 spiro atoms. The van der Waals surface area contributed by atoms with Gasteiger partial charge < -0.3 is 10.3 Å². The molecule has 1 aliphatic rings. The normalized spacial score (nSPS) is 16.1. The van der Waals surface area contributed by atoms with Gasteiger partial charge in [-0.05, 0) is 30.9 Å². The first-order chi connectivity index (χ1) is 7.34. The Morgan fingerprint density at radius 2 is 2.27 bits per heavy atom. The quantitative estimate of drug-likeness (QED) is 0.783. The molecule has 3 rings (SSSR count). The van der Waals surface area contributed by atoms with E-state index in [2.05, 4.69) is 41.6 Å². The van der Waals surface area contributed by atoms with Crippen LogP contribution >= 0.6 is 0 Å². The van der Waals surface area contributed by atoms with Gasteiger partial charge >= 0.3 is 0 Å². The highest BCUT2D eigenvalue weighted by molar-refractivity contribution is 5.85. The summed E-state index contributed by atoms with van der Waals surface area (Å²) in [7, 11) is 0. The maximum Gasteiger partial charge on any atom is 0.0487 e. The molecular weight excluding hydrogens is 184 g/mol. The fourth-order valence-corrected chi connectivity index (χ4v) is 2.05. The van der Waals surface area contributed by atoms with Gasteiger partial charge in [-0.1, -0.05) is 18.2 Å². The van der Waals surface area contributed by atoms with Crippen LogP contribution in [0.3, 0.4) is 0 Å². The van der Waals surface area contributed by atoms with E-state index in [0.717, 1.165) is 12.6 Å². The van der Waals surface area contributed by atoms with Crippen molar-refractivity contribution in [3.8, 4) is 0 Å². The third-order valence-electron chi connectivity index (χ3n) is 3.17. The van der Waals surface area contributed by atoms with Gasteiger partial charge in [0.1, 0.15) is 0 Å². The molecule has 2 N–H and O–H groups in total.